The molecule has 17 heavy (non-hydrogen) atoms. The summed E-state index contributed by atoms with van der Waals surface area (Å²) in [4.78, 5) is 4.52. The molecule has 3 rings (SSSR count). The van der Waals surface area contributed by atoms with Gasteiger partial charge in [0.2, 0.25) is 0 Å². The summed E-state index contributed by atoms with van der Waals surface area (Å²) in [5.74, 6) is 0. The van der Waals surface area contributed by atoms with Gasteiger partial charge in [-0.25, -0.2) is 4.98 Å². The van der Waals surface area contributed by atoms with Crippen molar-refractivity contribution in [1.29, 1.82) is 5.26 Å². The van der Waals surface area contributed by atoms with Gasteiger partial charge in [0.25, 0.3) is 0 Å². The van der Waals surface area contributed by atoms with Gasteiger partial charge in [-0.3, -0.25) is 0 Å². The van der Waals surface area contributed by atoms with E-state index in [1.54, 1.807) is 12.1 Å². The first kappa shape index (κ1) is 9.61. The van der Waals surface area contributed by atoms with E-state index in [0.717, 1.165) is 27.5 Å². The number of nitrogen functional groups attached to an aromatic ring is 1. The number of nitrogens with two attached hydrogens (primary N) is 1. The number of benzene rings is 2. The van der Waals surface area contributed by atoms with Crippen LogP contribution in [0.25, 0.3) is 21.8 Å². The fourth-order valence-corrected chi connectivity index (χ4v) is 2.00. The Morgan fingerprint density at radius 3 is 2.59 bits per heavy atom. The molecule has 2 N–H and O–H groups in total. The van der Waals surface area contributed by atoms with Gasteiger partial charge >= 0.3 is 0 Å². The lowest BCUT2D eigenvalue weighted by Crippen LogP contribution is -1.92. The SMILES string of the molecule is N#Cc1ccc2c(N)c3ccccc3nc2c1. The van der Waals surface area contributed by atoms with Crippen LogP contribution in [-0.2, 0) is 0 Å². The zero-order valence-corrected chi connectivity index (χ0v) is 9.01. The van der Waals surface area contributed by atoms with Gasteiger partial charge in [0.15, 0.2) is 0 Å². The van der Waals surface area contributed by atoms with Crippen molar-refractivity contribution >= 4 is 27.5 Å². The average molecular weight is 219 g/mol. The molecule has 80 valence electrons. The van der Waals surface area contributed by atoms with Gasteiger partial charge in [-0.05, 0) is 24.3 Å². The van der Waals surface area contributed by atoms with Crippen molar-refractivity contribution in [2.45, 2.75) is 0 Å². The van der Waals surface area contributed by atoms with Crippen molar-refractivity contribution in [2.75, 3.05) is 5.73 Å². The Kier molecular flexibility index (Phi) is 1.96. The molecular weight excluding hydrogens is 210 g/mol. The lowest BCUT2D eigenvalue weighted by molar-refractivity contribution is 1.46. The first-order valence-corrected chi connectivity index (χ1v) is 5.27. The second kappa shape index (κ2) is 3.46. The van der Waals surface area contributed by atoms with Crippen molar-refractivity contribution in [3.63, 3.8) is 0 Å². The van der Waals surface area contributed by atoms with E-state index in [-0.39, 0.29) is 0 Å². The molecule has 0 unspecified atom stereocenters. The molecule has 0 saturated heterocycles. The Morgan fingerprint density at radius 1 is 1.00 bits per heavy atom. The molecule has 0 saturated carbocycles. The minimum atomic E-state index is 0.597. The molecule has 0 spiro atoms. The van der Waals surface area contributed by atoms with Gasteiger partial charge in [0.05, 0.1) is 28.4 Å². The highest BCUT2D eigenvalue weighted by Gasteiger charge is 2.06. The van der Waals surface area contributed by atoms with E-state index in [0.29, 0.717) is 5.56 Å². The van der Waals surface area contributed by atoms with Crippen molar-refractivity contribution < 1.29 is 0 Å². The van der Waals surface area contributed by atoms with Crippen LogP contribution in [0.2, 0.25) is 0 Å². The summed E-state index contributed by atoms with van der Waals surface area (Å²) >= 11 is 0. The van der Waals surface area contributed by atoms with Gasteiger partial charge in [-0.2, -0.15) is 5.26 Å². The van der Waals surface area contributed by atoms with Crippen LogP contribution in [0.3, 0.4) is 0 Å². The molecule has 3 nitrogen and oxygen atoms in total. The number of pyridine rings is 1. The first-order valence-electron chi connectivity index (χ1n) is 5.27. The lowest BCUT2D eigenvalue weighted by Gasteiger charge is -2.06. The second-order valence-corrected chi connectivity index (χ2v) is 3.89. The van der Waals surface area contributed by atoms with E-state index in [2.05, 4.69) is 11.1 Å². The van der Waals surface area contributed by atoms with Crippen LogP contribution >= 0.6 is 0 Å². The molecule has 0 aliphatic rings. The average Bonchev–Trinajstić information content (AvgIpc) is 2.38. The summed E-state index contributed by atoms with van der Waals surface area (Å²) in [6, 6.07) is 15.2. The van der Waals surface area contributed by atoms with Crippen molar-refractivity contribution in [3.8, 4) is 6.07 Å². The van der Waals surface area contributed by atoms with Crippen molar-refractivity contribution in [3.05, 3.63) is 48.0 Å². The van der Waals surface area contributed by atoms with E-state index in [9.17, 15) is 0 Å². The number of fused-ring (bicyclic) bond motifs is 2. The highest BCUT2D eigenvalue weighted by Crippen LogP contribution is 2.28. The fraction of sp³-hybridized carbons (Fsp3) is 0. The normalized spacial score (nSPS) is 10.5. The van der Waals surface area contributed by atoms with E-state index in [4.69, 9.17) is 11.0 Å². The topological polar surface area (TPSA) is 62.7 Å². The highest BCUT2D eigenvalue weighted by molar-refractivity contribution is 6.06. The molecule has 0 bridgehead atoms. The van der Waals surface area contributed by atoms with Crippen LogP contribution in [0, 0.1) is 11.3 Å². The summed E-state index contributed by atoms with van der Waals surface area (Å²) in [7, 11) is 0. The maximum absolute atomic E-state index is 8.87. The Balaban J connectivity index is 2.51. The first-order chi connectivity index (χ1) is 8.29. The zero-order valence-electron chi connectivity index (χ0n) is 9.01. The fourth-order valence-electron chi connectivity index (χ4n) is 2.00. The molecule has 3 aromatic rings. The number of hydrogen-bond donors (Lipinski definition) is 1. The Morgan fingerprint density at radius 2 is 1.76 bits per heavy atom. The second-order valence-electron chi connectivity index (χ2n) is 3.89. The van der Waals surface area contributed by atoms with Crippen LogP contribution in [0.15, 0.2) is 42.5 Å². The van der Waals surface area contributed by atoms with Crippen LogP contribution in [0.4, 0.5) is 5.69 Å². The van der Waals surface area contributed by atoms with Gasteiger partial charge in [-0.1, -0.05) is 18.2 Å². The van der Waals surface area contributed by atoms with Gasteiger partial charge in [0, 0.05) is 10.8 Å². The molecule has 0 atom stereocenters. The Hall–Kier alpha value is -2.60. The molecule has 0 amide bonds. The number of aromatic nitrogens is 1. The van der Waals surface area contributed by atoms with Gasteiger partial charge in [-0.15, -0.1) is 0 Å². The number of hydrogen-bond acceptors (Lipinski definition) is 3. The highest BCUT2D eigenvalue weighted by atomic mass is 14.7. The van der Waals surface area contributed by atoms with E-state index < -0.39 is 0 Å². The smallest absolute Gasteiger partial charge is 0.0992 e. The largest absolute Gasteiger partial charge is 0.398 e. The Labute approximate surface area is 98.1 Å². The minimum absolute atomic E-state index is 0.597. The summed E-state index contributed by atoms with van der Waals surface area (Å²) in [5.41, 5.74) is 9.06. The van der Waals surface area contributed by atoms with Crippen LogP contribution in [0.1, 0.15) is 5.56 Å². The van der Waals surface area contributed by atoms with Gasteiger partial charge < -0.3 is 5.73 Å². The van der Waals surface area contributed by atoms with E-state index in [1.165, 1.54) is 0 Å². The lowest BCUT2D eigenvalue weighted by atomic mass is 10.1. The molecule has 3 heteroatoms. The van der Waals surface area contributed by atoms with Crippen molar-refractivity contribution in [2.24, 2.45) is 0 Å². The number of anilines is 1. The standard InChI is InChI=1S/C14H9N3/c15-8-9-5-6-11-13(7-9)17-12-4-2-1-3-10(12)14(11)16/h1-7H,(H2,16,17). The number of nitriles is 1. The Bertz CT molecular complexity index is 769. The van der Waals surface area contributed by atoms with Crippen LogP contribution in [0.5, 0.6) is 0 Å². The molecule has 1 aromatic heterocycles. The van der Waals surface area contributed by atoms with E-state index >= 15 is 0 Å². The van der Waals surface area contributed by atoms with Crippen LogP contribution in [-0.4, -0.2) is 4.98 Å². The third kappa shape index (κ3) is 1.39. The monoisotopic (exact) mass is 219 g/mol. The molecule has 2 aromatic carbocycles. The third-order valence-electron chi connectivity index (χ3n) is 2.85. The minimum Gasteiger partial charge on any atom is -0.398 e. The van der Waals surface area contributed by atoms with Crippen LogP contribution < -0.4 is 5.73 Å². The number of rotatable bonds is 0. The van der Waals surface area contributed by atoms with Gasteiger partial charge in [0.1, 0.15) is 0 Å². The summed E-state index contributed by atoms with van der Waals surface area (Å²) < 4.78 is 0. The zero-order chi connectivity index (χ0) is 11.8. The summed E-state index contributed by atoms with van der Waals surface area (Å²) in [6.07, 6.45) is 0. The molecule has 0 radical (unpaired) electrons. The maximum atomic E-state index is 8.87. The molecule has 1 heterocycles. The molecule has 0 aliphatic heterocycles. The van der Waals surface area contributed by atoms with Crippen molar-refractivity contribution in [1.82, 2.24) is 4.98 Å². The summed E-state index contributed by atoms with van der Waals surface area (Å²) in [5, 5.41) is 10.7. The predicted octanol–water partition coefficient (Wildman–Crippen LogP) is 2.84. The van der Waals surface area contributed by atoms with E-state index in [1.807, 2.05) is 30.3 Å². The quantitative estimate of drug-likeness (QED) is 0.591. The predicted molar refractivity (Wildman–Crippen MR) is 68.4 cm³/mol. The molecular formula is C14H9N3. The third-order valence-corrected chi connectivity index (χ3v) is 2.85. The summed E-state index contributed by atoms with van der Waals surface area (Å²) in [6.45, 7) is 0. The number of nitrogens with zero attached hydrogens (tertiary/aromatic N) is 2. The maximum Gasteiger partial charge on any atom is 0.0992 e. The number of para-hydroxylation sites is 1. The molecule has 0 aliphatic carbocycles. The molecule has 0 fully saturated rings.